The van der Waals surface area contributed by atoms with Crippen molar-refractivity contribution in [3.8, 4) is 16.9 Å². The van der Waals surface area contributed by atoms with Gasteiger partial charge in [-0.1, -0.05) is 54.2 Å². The number of nitrogens with zero attached hydrogens (tertiary/aromatic N) is 3. The predicted molar refractivity (Wildman–Crippen MR) is 127 cm³/mol. The van der Waals surface area contributed by atoms with Gasteiger partial charge < -0.3 is 10.1 Å². The van der Waals surface area contributed by atoms with Crippen molar-refractivity contribution in [3.63, 3.8) is 0 Å². The van der Waals surface area contributed by atoms with Gasteiger partial charge >= 0.3 is 0 Å². The molecule has 0 aliphatic carbocycles. The van der Waals surface area contributed by atoms with Gasteiger partial charge in [0.05, 0.1) is 35.8 Å². The Morgan fingerprint density at radius 2 is 1.80 bits per heavy atom. The molecule has 2 aromatic carbocycles. The molecule has 0 atom stereocenters. The second kappa shape index (κ2) is 10.2. The first-order valence-electron chi connectivity index (χ1n) is 10.2. The topological polar surface area (TPSA) is 42.3 Å². The van der Waals surface area contributed by atoms with E-state index in [1.807, 2.05) is 65.5 Å². The van der Waals surface area contributed by atoms with Gasteiger partial charge in [-0.2, -0.15) is 5.10 Å². The lowest BCUT2D eigenvalue weighted by Crippen LogP contribution is -2.37. The van der Waals surface area contributed by atoms with Crippen LogP contribution in [0.15, 0.2) is 60.8 Å². The first-order chi connectivity index (χ1) is 14.7. The van der Waals surface area contributed by atoms with Gasteiger partial charge in [0.1, 0.15) is 5.69 Å². The van der Waals surface area contributed by atoms with Crippen molar-refractivity contribution in [2.75, 3.05) is 38.2 Å². The molecule has 0 spiro atoms. The molecule has 0 amide bonds. The molecule has 7 heteroatoms. The Balaban J connectivity index is 1.48. The van der Waals surface area contributed by atoms with Crippen molar-refractivity contribution in [3.05, 3.63) is 65.8 Å². The van der Waals surface area contributed by atoms with E-state index in [1.54, 1.807) is 0 Å². The van der Waals surface area contributed by atoms with Crippen LogP contribution in [0, 0.1) is 0 Å². The Labute approximate surface area is 187 Å². The van der Waals surface area contributed by atoms with Crippen LogP contribution in [0.5, 0.6) is 0 Å². The molecule has 2 heterocycles. The van der Waals surface area contributed by atoms with E-state index < -0.39 is 0 Å². The number of morpholine rings is 1. The van der Waals surface area contributed by atoms with Crippen molar-refractivity contribution in [2.45, 2.75) is 12.8 Å². The fourth-order valence-electron chi connectivity index (χ4n) is 3.50. The molecule has 0 bridgehead atoms. The molecule has 0 radical (unpaired) electrons. The molecule has 30 heavy (non-hydrogen) atoms. The van der Waals surface area contributed by atoms with Gasteiger partial charge in [0.15, 0.2) is 0 Å². The Kier molecular flexibility index (Phi) is 7.12. The van der Waals surface area contributed by atoms with Crippen LogP contribution in [0.1, 0.15) is 12.8 Å². The number of hydrogen-bond donors (Lipinski definition) is 1. The summed E-state index contributed by atoms with van der Waals surface area (Å²) in [6, 6.07) is 17.8. The van der Waals surface area contributed by atoms with Crippen LogP contribution >= 0.6 is 23.8 Å². The number of hydrogen-bond acceptors (Lipinski definition) is 4. The summed E-state index contributed by atoms with van der Waals surface area (Å²) >= 11 is 11.7. The highest BCUT2D eigenvalue weighted by Crippen LogP contribution is 2.29. The van der Waals surface area contributed by atoms with Crippen LogP contribution in [0.4, 0.5) is 5.69 Å². The smallest absolute Gasteiger partial charge is 0.116 e. The second-order valence-electron chi connectivity index (χ2n) is 7.28. The zero-order chi connectivity index (χ0) is 20.8. The highest BCUT2D eigenvalue weighted by atomic mass is 35.5. The van der Waals surface area contributed by atoms with Crippen molar-refractivity contribution >= 4 is 34.5 Å². The maximum Gasteiger partial charge on any atom is 0.116 e. The van der Waals surface area contributed by atoms with E-state index in [0.29, 0.717) is 5.02 Å². The summed E-state index contributed by atoms with van der Waals surface area (Å²) in [6.07, 6.45) is 3.85. The van der Waals surface area contributed by atoms with Gasteiger partial charge in [0.25, 0.3) is 0 Å². The molecule has 1 aliphatic heterocycles. The molecule has 156 valence electrons. The second-order valence-corrected chi connectivity index (χ2v) is 8.21. The minimum Gasteiger partial charge on any atom is -0.379 e. The van der Waals surface area contributed by atoms with Gasteiger partial charge in [0.2, 0.25) is 0 Å². The van der Waals surface area contributed by atoms with E-state index in [-0.39, 0.29) is 0 Å². The molecule has 1 aromatic heterocycles. The molecule has 4 rings (SSSR count). The summed E-state index contributed by atoms with van der Waals surface area (Å²) in [5.41, 5.74) is 3.75. The maximum absolute atomic E-state index is 6.07. The summed E-state index contributed by atoms with van der Waals surface area (Å²) < 4.78 is 7.29. The zero-order valence-electron chi connectivity index (χ0n) is 16.8. The number of para-hydroxylation sites is 1. The summed E-state index contributed by atoms with van der Waals surface area (Å²) in [4.78, 5) is 3.25. The lowest BCUT2D eigenvalue weighted by molar-refractivity contribution is 0.0377. The van der Waals surface area contributed by atoms with Crippen LogP contribution in [0.3, 0.4) is 0 Å². The van der Waals surface area contributed by atoms with Crippen LogP contribution in [-0.4, -0.2) is 52.5 Å². The first kappa shape index (κ1) is 21.0. The van der Waals surface area contributed by atoms with E-state index in [4.69, 9.17) is 33.7 Å². The minimum absolute atomic E-state index is 0.703. The summed E-state index contributed by atoms with van der Waals surface area (Å²) in [7, 11) is 0. The number of ether oxygens (including phenoxy) is 1. The zero-order valence-corrected chi connectivity index (χ0v) is 18.3. The predicted octanol–water partition coefficient (Wildman–Crippen LogP) is 5.04. The fraction of sp³-hybridized carbons (Fsp3) is 0.304. The lowest BCUT2D eigenvalue weighted by Gasteiger charge is -2.26. The van der Waals surface area contributed by atoms with E-state index in [1.165, 1.54) is 0 Å². The van der Waals surface area contributed by atoms with Crippen LogP contribution < -0.4 is 5.32 Å². The van der Waals surface area contributed by atoms with E-state index in [2.05, 4.69) is 10.2 Å². The fourth-order valence-corrected chi connectivity index (χ4v) is 3.88. The number of thiocarbonyl (C=S) groups is 1. The summed E-state index contributed by atoms with van der Waals surface area (Å²) in [5, 5.41) is 8.94. The minimum atomic E-state index is 0.703. The third-order valence-corrected chi connectivity index (χ3v) is 5.67. The normalized spacial score (nSPS) is 14.6. The SMILES string of the molecule is S=C(CCCN1CCOCC1)Nc1cn(-c2ccccc2)nc1-c1ccc(Cl)cc1. The Bertz CT molecular complexity index is 969. The highest BCUT2D eigenvalue weighted by Gasteiger charge is 2.14. The Hall–Kier alpha value is -2.25. The lowest BCUT2D eigenvalue weighted by atomic mass is 10.1. The van der Waals surface area contributed by atoms with Crippen molar-refractivity contribution in [1.29, 1.82) is 0 Å². The average molecular weight is 441 g/mol. The number of aromatic nitrogens is 2. The van der Waals surface area contributed by atoms with Crippen LogP contribution in [0.25, 0.3) is 16.9 Å². The van der Waals surface area contributed by atoms with Crippen LogP contribution in [0.2, 0.25) is 5.02 Å². The number of rotatable bonds is 7. The number of halogens is 1. The average Bonchev–Trinajstić information content (AvgIpc) is 3.19. The quantitative estimate of drug-likeness (QED) is 0.521. The Morgan fingerprint density at radius 3 is 2.53 bits per heavy atom. The van der Waals surface area contributed by atoms with Crippen molar-refractivity contribution in [1.82, 2.24) is 14.7 Å². The summed E-state index contributed by atoms with van der Waals surface area (Å²) in [6.45, 7) is 4.70. The molecule has 1 saturated heterocycles. The van der Waals surface area contributed by atoms with E-state index in [9.17, 15) is 0 Å². The van der Waals surface area contributed by atoms with Crippen molar-refractivity contribution in [2.24, 2.45) is 0 Å². The molecular formula is C23H25ClN4OS. The molecule has 3 aromatic rings. The third kappa shape index (κ3) is 5.46. The monoisotopic (exact) mass is 440 g/mol. The number of anilines is 1. The molecule has 0 saturated carbocycles. The van der Waals surface area contributed by atoms with Gasteiger partial charge in [0, 0.05) is 23.7 Å². The Morgan fingerprint density at radius 1 is 1.07 bits per heavy atom. The van der Waals surface area contributed by atoms with E-state index >= 15 is 0 Å². The third-order valence-electron chi connectivity index (χ3n) is 5.11. The first-order valence-corrected chi connectivity index (χ1v) is 11.0. The number of nitrogens with one attached hydrogen (secondary N) is 1. The molecule has 1 fully saturated rings. The van der Waals surface area contributed by atoms with Crippen molar-refractivity contribution < 1.29 is 4.74 Å². The van der Waals surface area contributed by atoms with Gasteiger partial charge in [-0.15, -0.1) is 0 Å². The molecular weight excluding hydrogens is 416 g/mol. The highest BCUT2D eigenvalue weighted by molar-refractivity contribution is 7.80. The van der Waals surface area contributed by atoms with Gasteiger partial charge in [-0.25, -0.2) is 4.68 Å². The molecule has 1 N–H and O–H groups in total. The van der Waals surface area contributed by atoms with Gasteiger partial charge in [-0.3, -0.25) is 4.90 Å². The standard InChI is InChI=1S/C23H25ClN4OS/c24-19-10-8-18(9-11-19)23-21(17-28(26-23)20-5-2-1-3-6-20)25-22(30)7-4-12-27-13-15-29-16-14-27/h1-3,5-6,8-11,17H,4,7,12-16H2,(H,25,30). The number of benzene rings is 2. The molecule has 1 aliphatic rings. The molecule has 5 nitrogen and oxygen atoms in total. The maximum atomic E-state index is 6.07. The van der Waals surface area contributed by atoms with E-state index in [0.717, 1.165) is 73.3 Å². The largest absolute Gasteiger partial charge is 0.379 e. The van der Waals surface area contributed by atoms with Gasteiger partial charge in [-0.05, 0) is 43.7 Å². The van der Waals surface area contributed by atoms with Crippen LogP contribution in [-0.2, 0) is 4.74 Å². The molecule has 0 unspecified atom stereocenters. The summed E-state index contributed by atoms with van der Waals surface area (Å²) in [5.74, 6) is 0.